The predicted molar refractivity (Wildman–Crippen MR) is 117 cm³/mol. The van der Waals surface area contributed by atoms with Crippen LogP contribution in [0.3, 0.4) is 0 Å². The molecule has 1 heterocycles. The number of hydrogen-bond donors (Lipinski definition) is 2. The number of esters is 1. The highest BCUT2D eigenvalue weighted by Gasteiger charge is 2.30. The molecule has 3 aromatic rings. The summed E-state index contributed by atoms with van der Waals surface area (Å²) in [5.74, 6) is -1.29. The molecule has 0 bridgehead atoms. The van der Waals surface area contributed by atoms with Crippen LogP contribution in [-0.2, 0) is 32.4 Å². The number of amides is 1. The molecule has 166 valence electrons. The third-order valence-electron chi connectivity index (χ3n) is 5.21. The van der Waals surface area contributed by atoms with Gasteiger partial charge in [0, 0.05) is 16.9 Å². The first-order valence-electron chi connectivity index (χ1n) is 10.0. The molecular weight excluding hydrogens is 432 g/mol. The average molecular weight is 455 g/mol. The van der Waals surface area contributed by atoms with Gasteiger partial charge in [0.1, 0.15) is 0 Å². The molecule has 4 rings (SSSR count). The van der Waals surface area contributed by atoms with Gasteiger partial charge in [0.05, 0.1) is 10.6 Å². The Labute approximate surface area is 185 Å². The third kappa shape index (κ3) is 4.41. The van der Waals surface area contributed by atoms with Crippen LogP contribution >= 0.6 is 0 Å². The Morgan fingerprint density at radius 3 is 2.59 bits per heavy atom. The number of carbonyl (C=O) groups is 2. The molecule has 9 nitrogen and oxygen atoms in total. The first kappa shape index (κ1) is 21.7. The Kier molecular flexibility index (Phi) is 5.81. The SMILES string of the molecule is C[C@H](OC(=O)c1nn(-c2ccccc2)c2c1CCC2)C(=O)Nc1cccc(S(N)(=O)=O)c1. The minimum absolute atomic E-state index is 0.137. The fourth-order valence-corrected chi connectivity index (χ4v) is 4.21. The summed E-state index contributed by atoms with van der Waals surface area (Å²) in [7, 11) is -3.91. The maximum Gasteiger partial charge on any atom is 0.359 e. The summed E-state index contributed by atoms with van der Waals surface area (Å²) in [4.78, 5) is 25.2. The lowest BCUT2D eigenvalue weighted by Gasteiger charge is -2.13. The van der Waals surface area contributed by atoms with E-state index in [-0.39, 0.29) is 16.3 Å². The second-order valence-electron chi connectivity index (χ2n) is 7.48. The van der Waals surface area contributed by atoms with E-state index in [0.29, 0.717) is 6.42 Å². The van der Waals surface area contributed by atoms with E-state index in [4.69, 9.17) is 9.88 Å². The van der Waals surface area contributed by atoms with Crippen LogP contribution in [0.25, 0.3) is 5.69 Å². The van der Waals surface area contributed by atoms with Gasteiger partial charge in [-0.1, -0.05) is 24.3 Å². The largest absolute Gasteiger partial charge is 0.448 e. The lowest BCUT2D eigenvalue weighted by Crippen LogP contribution is -2.30. The molecule has 2 aromatic carbocycles. The summed E-state index contributed by atoms with van der Waals surface area (Å²) >= 11 is 0. The number of rotatable bonds is 6. The number of benzene rings is 2. The number of para-hydroxylation sites is 1. The Morgan fingerprint density at radius 2 is 1.88 bits per heavy atom. The zero-order chi connectivity index (χ0) is 22.9. The van der Waals surface area contributed by atoms with E-state index in [1.54, 1.807) is 4.68 Å². The zero-order valence-electron chi connectivity index (χ0n) is 17.3. The Morgan fingerprint density at radius 1 is 1.12 bits per heavy atom. The lowest BCUT2D eigenvalue weighted by molar-refractivity contribution is -0.123. The topological polar surface area (TPSA) is 133 Å². The average Bonchev–Trinajstić information content (AvgIpc) is 3.36. The highest BCUT2D eigenvalue weighted by Crippen LogP contribution is 2.28. The fraction of sp³-hybridized carbons (Fsp3) is 0.227. The number of sulfonamides is 1. The van der Waals surface area contributed by atoms with Crippen molar-refractivity contribution in [2.75, 3.05) is 5.32 Å². The minimum atomic E-state index is -3.91. The quantitative estimate of drug-likeness (QED) is 0.549. The molecule has 3 N–H and O–H groups in total. The first-order valence-corrected chi connectivity index (χ1v) is 11.6. The van der Waals surface area contributed by atoms with Crippen LogP contribution < -0.4 is 10.5 Å². The van der Waals surface area contributed by atoms with Crippen LogP contribution in [0, 0.1) is 0 Å². The number of fused-ring (bicyclic) bond motifs is 1. The molecule has 0 aliphatic heterocycles. The fourth-order valence-electron chi connectivity index (χ4n) is 3.65. The first-order chi connectivity index (χ1) is 15.2. The second-order valence-corrected chi connectivity index (χ2v) is 9.05. The highest BCUT2D eigenvalue weighted by atomic mass is 32.2. The molecule has 1 aromatic heterocycles. The smallest absolute Gasteiger partial charge is 0.359 e. The molecule has 0 spiro atoms. The van der Waals surface area contributed by atoms with Crippen LogP contribution in [0.5, 0.6) is 0 Å². The van der Waals surface area contributed by atoms with Crippen molar-refractivity contribution in [3.05, 3.63) is 71.5 Å². The molecule has 0 radical (unpaired) electrons. The van der Waals surface area contributed by atoms with Gasteiger partial charge in [-0.05, 0) is 56.5 Å². The van der Waals surface area contributed by atoms with Gasteiger partial charge in [-0.2, -0.15) is 5.10 Å². The molecule has 1 aliphatic rings. The summed E-state index contributed by atoms with van der Waals surface area (Å²) in [5, 5.41) is 12.1. The number of primary sulfonamides is 1. The molecule has 0 saturated carbocycles. The zero-order valence-corrected chi connectivity index (χ0v) is 18.1. The van der Waals surface area contributed by atoms with Crippen molar-refractivity contribution < 1.29 is 22.7 Å². The van der Waals surface area contributed by atoms with Gasteiger partial charge in [0.25, 0.3) is 5.91 Å². The Bertz CT molecular complexity index is 1280. The highest BCUT2D eigenvalue weighted by molar-refractivity contribution is 7.89. The van der Waals surface area contributed by atoms with Gasteiger partial charge < -0.3 is 10.1 Å². The lowest BCUT2D eigenvalue weighted by atomic mass is 10.2. The molecule has 1 amide bonds. The van der Waals surface area contributed by atoms with Crippen LogP contribution in [0.15, 0.2) is 59.5 Å². The summed E-state index contributed by atoms with van der Waals surface area (Å²) in [6, 6.07) is 15.0. The maximum absolute atomic E-state index is 12.8. The Hall–Kier alpha value is -3.50. The molecule has 10 heteroatoms. The van der Waals surface area contributed by atoms with Gasteiger partial charge in [0.15, 0.2) is 11.8 Å². The van der Waals surface area contributed by atoms with Crippen LogP contribution in [0.1, 0.15) is 35.1 Å². The van der Waals surface area contributed by atoms with E-state index >= 15 is 0 Å². The molecule has 0 unspecified atom stereocenters. The van der Waals surface area contributed by atoms with Crippen molar-refractivity contribution in [2.45, 2.75) is 37.2 Å². The molecule has 32 heavy (non-hydrogen) atoms. The standard InChI is InChI=1S/C22H22N4O5S/c1-14(21(27)24-15-7-5-10-17(13-15)32(23,29)30)31-22(28)20-18-11-6-12-19(18)26(25-20)16-8-3-2-4-9-16/h2-5,7-10,13-14H,6,11-12H2,1H3,(H,24,27)(H2,23,29,30)/t14-/m0/s1. The third-order valence-corrected chi connectivity index (χ3v) is 6.12. The van der Waals surface area contributed by atoms with Crippen molar-refractivity contribution in [2.24, 2.45) is 5.14 Å². The number of ether oxygens (including phenoxy) is 1. The number of nitrogens with one attached hydrogen (secondary N) is 1. The van der Waals surface area contributed by atoms with Gasteiger partial charge in [-0.25, -0.2) is 23.0 Å². The van der Waals surface area contributed by atoms with E-state index in [1.807, 2.05) is 30.3 Å². The van der Waals surface area contributed by atoms with Crippen molar-refractivity contribution in [1.29, 1.82) is 0 Å². The van der Waals surface area contributed by atoms with Gasteiger partial charge >= 0.3 is 5.97 Å². The summed E-state index contributed by atoms with van der Waals surface area (Å²) in [6.07, 6.45) is 1.31. The van der Waals surface area contributed by atoms with E-state index < -0.39 is 28.0 Å². The maximum atomic E-state index is 12.8. The van der Waals surface area contributed by atoms with E-state index in [9.17, 15) is 18.0 Å². The van der Waals surface area contributed by atoms with Crippen LogP contribution in [0.4, 0.5) is 5.69 Å². The van der Waals surface area contributed by atoms with Gasteiger partial charge in [0.2, 0.25) is 10.0 Å². The number of hydrogen-bond acceptors (Lipinski definition) is 6. The van der Waals surface area contributed by atoms with Crippen molar-refractivity contribution in [3.63, 3.8) is 0 Å². The predicted octanol–water partition coefficient (Wildman–Crippen LogP) is 2.19. The molecule has 1 aliphatic carbocycles. The Balaban J connectivity index is 1.49. The van der Waals surface area contributed by atoms with E-state index in [0.717, 1.165) is 29.8 Å². The van der Waals surface area contributed by atoms with Crippen molar-refractivity contribution in [3.8, 4) is 5.69 Å². The minimum Gasteiger partial charge on any atom is -0.448 e. The normalized spacial score (nSPS) is 13.9. The van der Waals surface area contributed by atoms with E-state index in [1.165, 1.54) is 31.2 Å². The van der Waals surface area contributed by atoms with Gasteiger partial charge in [-0.3, -0.25) is 4.79 Å². The number of nitrogens with zero attached hydrogens (tertiary/aromatic N) is 2. The second kappa shape index (κ2) is 8.56. The molecule has 0 saturated heterocycles. The molecule has 0 fully saturated rings. The van der Waals surface area contributed by atoms with Crippen molar-refractivity contribution >= 4 is 27.6 Å². The number of nitrogens with two attached hydrogens (primary N) is 1. The summed E-state index contributed by atoms with van der Waals surface area (Å²) < 4.78 is 30.1. The summed E-state index contributed by atoms with van der Waals surface area (Å²) in [6.45, 7) is 1.44. The summed E-state index contributed by atoms with van der Waals surface area (Å²) in [5.41, 5.74) is 3.09. The van der Waals surface area contributed by atoms with Crippen LogP contribution in [0.2, 0.25) is 0 Å². The monoisotopic (exact) mass is 454 g/mol. The number of aromatic nitrogens is 2. The molecular formula is C22H22N4O5S. The molecule has 1 atom stereocenters. The van der Waals surface area contributed by atoms with Crippen LogP contribution in [-0.4, -0.2) is 36.2 Å². The number of anilines is 1. The number of carbonyl (C=O) groups excluding carboxylic acids is 2. The van der Waals surface area contributed by atoms with Crippen molar-refractivity contribution in [1.82, 2.24) is 9.78 Å². The van der Waals surface area contributed by atoms with Gasteiger partial charge in [-0.15, -0.1) is 0 Å². The van der Waals surface area contributed by atoms with E-state index in [2.05, 4.69) is 10.4 Å².